The van der Waals surface area contributed by atoms with Crippen molar-refractivity contribution in [1.29, 1.82) is 5.41 Å². The third-order valence-corrected chi connectivity index (χ3v) is 6.35. The molecule has 0 fully saturated rings. The summed E-state index contributed by atoms with van der Waals surface area (Å²) in [6.45, 7) is 1.94. The number of anilines is 1. The van der Waals surface area contributed by atoms with Crippen molar-refractivity contribution in [3.05, 3.63) is 66.2 Å². The number of nitrogens with one attached hydrogen (secondary N) is 1. The van der Waals surface area contributed by atoms with Crippen LogP contribution in [0.1, 0.15) is 12.0 Å². The maximum absolute atomic E-state index is 13.2. The lowest BCUT2D eigenvalue weighted by atomic mass is 10.2. The molecule has 0 spiro atoms. The van der Waals surface area contributed by atoms with E-state index in [1.54, 1.807) is 36.4 Å². The Morgan fingerprint density at radius 3 is 2.37 bits per heavy atom. The van der Waals surface area contributed by atoms with Crippen LogP contribution >= 0.6 is 34.8 Å². The fourth-order valence-corrected chi connectivity index (χ4v) is 4.13. The predicted octanol–water partition coefficient (Wildman–Crippen LogP) is 5.21. The lowest BCUT2D eigenvalue weighted by Gasteiger charge is -2.25. The van der Waals surface area contributed by atoms with Crippen molar-refractivity contribution >= 4 is 56.4 Å². The van der Waals surface area contributed by atoms with E-state index in [0.29, 0.717) is 6.42 Å². The molecule has 0 saturated carbocycles. The number of phenolic OH excluding ortho intramolecular Hbond substituents is 1. The zero-order chi connectivity index (χ0) is 22.4. The van der Waals surface area contributed by atoms with E-state index in [1.807, 2.05) is 6.92 Å². The van der Waals surface area contributed by atoms with E-state index < -0.39 is 19.7 Å². The minimum atomic E-state index is -3.90. The van der Waals surface area contributed by atoms with Gasteiger partial charge in [0.05, 0.1) is 10.6 Å². The molecule has 0 unspecified atom stereocenters. The van der Waals surface area contributed by atoms with E-state index in [4.69, 9.17) is 44.9 Å². The van der Waals surface area contributed by atoms with E-state index in [0.717, 1.165) is 9.87 Å². The normalized spacial score (nSPS) is 12.1. The average Bonchev–Trinajstić information content (AvgIpc) is 2.67. The van der Waals surface area contributed by atoms with E-state index in [2.05, 4.69) is 0 Å². The first kappa shape index (κ1) is 24.3. The number of ether oxygens (including phenoxy) is 1. The minimum Gasteiger partial charge on any atom is -0.506 e. The molecule has 2 aromatic carbocycles. The van der Waals surface area contributed by atoms with Crippen molar-refractivity contribution in [2.75, 3.05) is 17.5 Å². The van der Waals surface area contributed by atoms with Gasteiger partial charge in [0, 0.05) is 6.54 Å². The fraction of sp³-hybridized carbons (Fsp3) is 0.250. The number of halogens is 3. The van der Waals surface area contributed by atoms with Gasteiger partial charge in [0.25, 0.3) is 13.8 Å². The van der Waals surface area contributed by atoms with Gasteiger partial charge < -0.3 is 9.84 Å². The fourth-order valence-electron chi connectivity index (χ4n) is 2.47. The first-order valence-corrected chi connectivity index (χ1v) is 11.4. The Morgan fingerprint density at radius 2 is 1.77 bits per heavy atom. The summed E-state index contributed by atoms with van der Waals surface area (Å²) in [5.41, 5.74) is 1.12. The van der Waals surface area contributed by atoms with Gasteiger partial charge in [0.1, 0.15) is 12.4 Å². The van der Waals surface area contributed by atoms with Crippen LogP contribution in [0.15, 0.2) is 65.6 Å². The monoisotopic (exact) mass is 490 g/mol. The molecule has 0 bridgehead atoms. The van der Waals surface area contributed by atoms with E-state index >= 15 is 0 Å². The quantitative estimate of drug-likeness (QED) is 0.230. The Kier molecular flexibility index (Phi) is 8.43. The van der Waals surface area contributed by atoms with Gasteiger partial charge >= 0.3 is 0 Å². The van der Waals surface area contributed by atoms with Gasteiger partial charge in [0.2, 0.25) is 5.90 Å². The second kappa shape index (κ2) is 10.4. The molecule has 30 heavy (non-hydrogen) atoms. The summed E-state index contributed by atoms with van der Waals surface area (Å²) in [6, 6.07) is 12.7. The van der Waals surface area contributed by atoms with Gasteiger partial charge in [-0.25, -0.2) is 8.42 Å². The zero-order valence-electron chi connectivity index (χ0n) is 16.1. The van der Waals surface area contributed by atoms with Crippen molar-refractivity contribution in [2.45, 2.75) is 22.0 Å². The number of alkyl halides is 3. The summed E-state index contributed by atoms with van der Waals surface area (Å²) in [5.74, 6) is -0.647. The molecule has 6 nitrogen and oxygen atoms in total. The van der Waals surface area contributed by atoms with Gasteiger partial charge in [-0.05, 0) is 37.6 Å². The summed E-state index contributed by atoms with van der Waals surface area (Å²) in [4.78, 5) is 0.125. The maximum Gasteiger partial charge on any atom is 0.265 e. The summed E-state index contributed by atoms with van der Waals surface area (Å²) in [5, 5.41) is 17.7. The standard InChI is InChI=1S/C20H21Cl3N2O4S/c1-15-9-11-16(12-10-15)30(27,28)25(17-7-3-4-8-18(17)26)13-5-2-6-14-29-19(24)20(21,22)23/h2-4,6-12,24,26H,5,13-14H2,1H3/b6-2+,24-19?. The second-order valence-electron chi connectivity index (χ2n) is 6.28. The largest absolute Gasteiger partial charge is 0.506 e. The highest BCUT2D eigenvalue weighted by Gasteiger charge is 2.28. The first-order valence-electron chi connectivity index (χ1n) is 8.84. The van der Waals surface area contributed by atoms with Crippen LogP contribution in [0.3, 0.4) is 0 Å². The molecule has 0 aliphatic rings. The third kappa shape index (κ3) is 6.54. The molecule has 10 heteroatoms. The summed E-state index contributed by atoms with van der Waals surface area (Å²) >= 11 is 16.6. The van der Waals surface area contributed by atoms with Gasteiger partial charge in [-0.15, -0.1) is 0 Å². The number of hydrogen-bond donors (Lipinski definition) is 2. The molecule has 0 heterocycles. The molecular formula is C20H21Cl3N2O4S. The van der Waals surface area contributed by atoms with Crippen LogP contribution in [0.5, 0.6) is 5.75 Å². The number of hydrogen-bond acceptors (Lipinski definition) is 5. The molecule has 0 aliphatic carbocycles. The van der Waals surface area contributed by atoms with E-state index in [1.165, 1.54) is 24.3 Å². The second-order valence-corrected chi connectivity index (χ2v) is 10.4. The molecule has 2 N–H and O–H groups in total. The number of para-hydroxylation sites is 2. The minimum absolute atomic E-state index is 0.00591. The number of nitrogens with zero attached hydrogens (tertiary/aromatic N) is 1. The zero-order valence-corrected chi connectivity index (χ0v) is 19.1. The van der Waals surface area contributed by atoms with Crippen LogP contribution in [-0.2, 0) is 14.8 Å². The van der Waals surface area contributed by atoms with E-state index in [-0.39, 0.29) is 29.5 Å². The van der Waals surface area contributed by atoms with Crippen LogP contribution in [0.25, 0.3) is 0 Å². The van der Waals surface area contributed by atoms with Crippen LogP contribution in [0.4, 0.5) is 5.69 Å². The summed E-state index contributed by atoms with van der Waals surface area (Å²) in [7, 11) is -3.90. The average molecular weight is 492 g/mol. The lowest BCUT2D eigenvalue weighted by Crippen LogP contribution is -2.32. The predicted molar refractivity (Wildman–Crippen MR) is 122 cm³/mol. The Hall–Kier alpha value is -1.93. The molecule has 0 aromatic heterocycles. The van der Waals surface area contributed by atoms with Crippen molar-refractivity contribution in [2.24, 2.45) is 0 Å². The van der Waals surface area contributed by atoms with Crippen molar-refractivity contribution in [3.8, 4) is 5.75 Å². The number of benzene rings is 2. The van der Waals surface area contributed by atoms with Gasteiger partial charge in [-0.2, -0.15) is 0 Å². The number of rotatable bonds is 8. The topological polar surface area (TPSA) is 90.7 Å². The Morgan fingerprint density at radius 1 is 1.13 bits per heavy atom. The van der Waals surface area contributed by atoms with Crippen molar-refractivity contribution in [3.63, 3.8) is 0 Å². The lowest BCUT2D eigenvalue weighted by molar-refractivity contribution is 0.340. The Labute approximate surface area is 191 Å². The van der Waals surface area contributed by atoms with Crippen molar-refractivity contribution in [1.82, 2.24) is 0 Å². The van der Waals surface area contributed by atoms with Gasteiger partial charge in [0.15, 0.2) is 0 Å². The first-order chi connectivity index (χ1) is 14.0. The van der Waals surface area contributed by atoms with Crippen molar-refractivity contribution < 1.29 is 18.3 Å². The summed E-state index contributed by atoms with van der Waals surface area (Å²) < 4.78 is 30.6. The molecule has 0 amide bonds. The number of phenols is 1. The molecule has 2 rings (SSSR count). The SMILES string of the molecule is Cc1ccc(S(=O)(=O)N(CC/C=C/COC(=N)C(Cl)(Cl)Cl)c2ccccc2O)cc1. The number of sulfonamides is 1. The van der Waals surface area contributed by atoms with Crippen LogP contribution < -0.4 is 4.31 Å². The number of aryl methyl sites for hydroxylation is 1. The smallest absolute Gasteiger partial charge is 0.265 e. The molecule has 0 atom stereocenters. The Bertz CT molecular complexity index is 1000. The molecular weight excluding hydrogens is 471 g/mol. The molecule has 162 valence electrons. The van der Waals surface area contributed by atoms with E-state index in [9.17, 15) is 13.5 Å². The highest BCUT2D eigenvalue weighted by atomic mass is 35.6. The Balaban J connectivity index is 2.16. The highest BCUT2D eigenvalue weighted by Crippen LogP contribution is 2.31. The highest BCUT2D eigenvalue weighted by molar-refractivity contribution is 7.92. The molecule has 0 aliphatic heterocycles. The van der Waals surface area contributed by atoms with Crippen LogP contribution in [-0.4, -0.2) is 36.4 Å². The third-order valence-electron chi connectivity index (χ3n) is 4.01. The van der Waals surface area contributed by atoms with Crippen LogP contribution in [0, 0.1) is 12.3 Å². The molecule has 2 aromatic rings. The van der Waals surface area contributed by atoms with Gasteiger partial charge in [-0.3, -0.25) is 9.71 Å². The van der Waals surface area contributed by atoms with Gasteiger partial charge in [-0.1, -0.05) is 76.8 Å². The number of aromatic hydroxyl groups is 1. The molecule has 0 radical (unpaired) electrons. The van der Waals surface area contributed by atoms with Crippen LogP contribution in [0.2, 0.25) is 0 Å². The summed E-state index contributed by atoms with van der Waals surface area (Å²) in [6.07, 6.45) is 3.60. The maximum atomic E-state index is 13.2. The molecule has 0 saturated heterocycles.